The maximum Gasteiger partial charge on any atom is 0.158 e. The van der Waals surface area contributed by atoms with Crippen molar-refractivity contribution in [2.45, 2.75) is 52.3 Å². The highest BCUT2D eigenvalue weighted by molar-refractivity contribution is 5.25. The fraction of sp³-hybridized carbons (Fsp3) is 0.750. The van der Waals surface area contributed by atoms with Crippen molar-refractivity contribution < 1.29 is 4.74 Å². The molecule has 5 nitrogen and oxygen atoms in total. The number of rotatable bonds is 4. The third-order valence-electron chi connectivity index (χ3n) is 4.67. The van der Waals surface area contributed by atoms with E-state index in [9.17, 15) is 0 Å². The van der Waals surface area contributed by atoms with Crippen LogP contribution in [0.1, 0.15) is 48.6 Å². The number of nitrogens with one attached hydrogen (secondary N) is 1. The van der Waals surface area contributed by atoms with Gasteiger partial charge in [0.15, 0.2) is 5.82 Å². The topological polar surface area (TPSA) is 50.3 Å². The second kappa shape index (κ2) is 6.38. The average molecular weight is 290 g/mol. The molecule has 3 rings (SSSR count). The fourth-order valence-corrected chi connectivity index (χ4v) is 3.39. The molecule has 5 heteroatoms. The van der Waals surface area contributed by atoms with Gasteiger partial charge in [0, 0.05) is 36.1 Å². The highest BCUT2D eigenvalue weighted by Crippen LogP contribution is 2.29. The molecule has 0 radical (unpaired) electrons. The van der Waals surface area contributed by atoms with Gasteiger partial charge >= 0.3 is 0 Å². The molecule has 0 aliphatic carbocycles. The van der Waals surface area contributed by atoms with Crippen LogP contribution in [0.4, 0.5) is 0 Å². The number of fused-ring (bicyclic) bond motifs is 1. The van der Waals surface area contributed by atoms with Crippen LogP contribution >= 0.6 is 0 Å². The van der Waals surface area contributed by atoms with Crippen LogP contribution in [0.25, 0.3) is 0 Å². The number of hydrogen-bond acceptors (Lipinski definition) is 5. The van der Waals surface area contributed by atoms with Crippen LogP contribution in [-0.2, 0) is 11.3 Å². The smallest absolute Gasteiger partial charge is 0.158 e. The Labute approximate surface area is 127 Å². The third-order valence-corrected chi connectivity index (χ3v) is 4.67. The number of morpholine rings is 1. The second-order valence-electron chi connectivity index (χ2n) is 6.12. The van der Waals surface area contributed by atoms with Crippen molar-refractivity contribution in [2.24, 2.45) is 0 Å². The van der Waals surface area contributed by atoms with Crippen LogP contribution < -0.4 is 5.32 Å². The molecule has 2 atom stereocenters. The quantitative estimate of drug-likeness (QED) is 0.915. The summed E-state index contributed by atoms with van der Waals surface area (Å²) in [6.07, 6.45) is 2.60. The van der Waals surface area contributed by atoms with Crippen molar-refractivity contribution in [3.63, 3.8) is 0 Å². The maximum absolute atomic E-state index is 6.03. The monoisotopic (exact) mass is 290 g/mol. The summed E-state index contributed by atoms with van der Waals surface area (Å²) in [5, 5.41) is 3.36. The number of hydrogen-bond donors (Lipinski definition) is 1. The zero-order valence-electron chi connectivity index (χ0n) is 13.4. The summed E-state index contributed by atoms with van der Waals surface area (Å²) < 4.78 is 6.03. The van der Waals surface area contributed by atoms with Crippen molar-refractivity contribution >= 4 is 0 Å². The van der Waals surface area contributed by atoms with E-state index in [0.717, 1.165) is 43.5 Å². The van der Waals surface area contributed by atoms with E-state index < -0.39 is 0 Å². The van der Waals surface area contributed by atoms with Gasteiger partial charge in [-0.15, -0.1) is 0 Å². The zero-order chi connectivity index (χ0) is 14.8. The summed E-state index contributed by atoms with van der Waals surface area (Å²) >= 11 is 0. The predicted octanol–water partition coefficient (Wildman–Crippen LogP) is 1.74. The highest BCUT2D eigenvalue weighted by Gasteiger charge is 2.34. The van der Waals surface area contributed by atoms with Gasteiger partial charge in [-0.1, -0.05) is 6.92 Å². The van der Waals surface area contributed by atoms with Crippen LogP contribution in [0.2, 0.25) is 0 Å². The lowest BCUT2D eigenvalue weighted by atomic mass is 10.1. The Morgan fingerprint density at radius 1 is 1.29 bits per heavy atom. The van der Waals surface area contributed by atoms with Gasteiger partial charge in [0.05, 0.1) is 6.61 Å². The molecule has 2 aliphatic heterocycles. The van der Waals surface area contributed by atoms with E-state index in [1.165, 1.54) is 24.9 Å². The van der Waals surface area contributed by atoms with Crippen molar-refractivity contribution in [2.75, 3.05) is 26.2 Å². The standard InChI is InChI=1S/C16H26N4O/c1-4-17-8-14-11(2)18-16(19-12(14)3)15-9-20-7-5-6-13(20)10-21-15/h13,15,17H,4-10H2,1-3H3. The van der Waals surface area contributed by atoms with Crippen LogP contribution in [-0.4, -0.2) is 47.2 Å². The lowest BCUT2D eigenvalue weighted by Crippen LogP contribution is -2.43. The van der Waals surface area contributed by atoms with E-state index in [4.69, 9.17) is 14.7 Å². The van der Waals surface area contributed by atoms with Crippen LogP contribution in [0.5, 0.6) is 0 Å². The van der Waals surface area contributed by atoms with E-state index in [1.807, 2.05) is 0 Å². The van der Waals surface area contributed by atoms with Gasteiger partial charge < -0.3 is 10.1 Å². The van der Waals surface area contributed by atoms with Gasteiger partial charge in [0.25, 0.3) is 0 Å². The van der Waals surface area contributed by atoms with Crippen molar-refractivity contribution in [1.82, 2.24) is 20.2 Å². The first-order chi connectivity index (χ1) is 10.2. The number of nitrogens with zero attached hydrogens (tertiary/aromatic N) is 3. The Morgan fingerprint density at radius 3 is 2.76 bits per heavy atom. The summed E-state index contributed by atoms with van der Waals surface area (Å²) in [4.78, 5) is 12.0. The van der Waals surface area contributed by atoms with Crippen molar-refractivity contribution in [1.29, 1.82) is 0 Å². The molecule has 1 N–H and O–H groups in total. The normalized spacial score (nSPS) is 26.0. The maximum atomic E-state index is 6.03. The molecule has 0 spiro atoms. The van der Waals surface area contributed by atoms with Crippen molar-refractivity contribution in [3.8, 4) is 0 Å². The van der Waals surface area contributed by atoms with Gasteiger partial charge in [-0.2, -0.15) is 0 Å². The van der Waals surface area contributed by atoms with Crippen molar-refractivity contribution in [3.05, 3.63) is 22.8 Å². The molecule has 2 aliphatic rings. The average Bonchev–Trinajstić information content (AvgIpc) is 2.93. The lowest BCUT2D eigenvalue weighted by molar-refractivity contribution is -0.0542. The minimum Gasteiger partial charge on any atom is -0.367 e. The Bertz CT molecular complexity index is 482. The first-order valence-corrected chi connectivity index (χ1v) is 8.09. The second-order valence-corrected chi connectivity index (χ2v) is 6.12. The summed E-state index contributed by atoms with van der Waals surface area (Å²) in [6.45, 7) is 11.0. The van der Waals surface area contributed by atoms with Gasteiger partial charge in [0.2, 0.25) is 0 Å². The summed E-state index contributed by atoms with van der Waals surface area (Å²) in [5.41, 5.74) is 3.37. The van der Waals surface area contributed by atoms with E-state index in [0.29, 0.717) is 6.04 Å². The molecule has 2 saturated heterocycles. The number of aromatic nitrogens is 2. The van der Waals surface area contributed by atoms with Gasteiger partial charge in [-0.3, -0.25) is 4.90 Å². The molecule has 0 aromatic carbocycles. The largest absolute Gasteiger partial charge is 0.367 e. The zero-order valence-corrected chi connectivity index (χ0v) is 13.4. The van der Waals surface area contributed by atoms with E-state index in [1.54, 1.807) is 0 Å². The molecule has 3 heterocycles. The summed E-state index contributed by atoms with van der Waals surface area (Å²) in [5.74, 6) is 0.857. The highest BCUT2D eigenvalue weighted by atomic mass is 16.5. The van der Waals surface area contributed by atoms with Gasteiger partial charge in [-0.05, 0) is 39.8 Å². The lowest BCUT2D eigenvalue weighted by Gasteiger charge is -2.34. The summed E-state index contributed by atoms with van der Waals surface area (Å²) in [6, 6.07) is 0.622. The fourth-order valence-electron chi connectivity index (χ4n) is 3.39. The summed E-state index contributed by atoms with van der Waals surface area (Å²) in [7, 11) is 0. The third kappa shape index (κ3) is 3.10. The Balaban J connectivity index is 1.76. The van der Waals surface area contributed by atoms with E-state index >= 15 is 0 Å². The predicted molar refractivity (Wildman–Crippen MR) is 82.2 cm³/mol. The SMILES string of the molecule is CCNCc1c(C)nc(C2CN3CCCC3CO2)nc1C. The molecule has 116 valence electrons. The molecule has 0 bridgehead atoms. The first-order valence-electron chi connectivity index (χ1n) is 8.09. The van der Waals surface area contributed by atoms with Gasteiger partial charge in [0.1, 0.15) is 6.10 Å². The minimum atomic E-state index is 0.0323. The molecular formula is C16H26N4O. The van der Waals surface area contributed by atoms with Crippen LogP contribution in [0.15, 0.2) is 0 Å². The molecule has 1 aromatic heterocycles. The van der Waals surface area contributed by atoms with E-state index in [-0.39, 0.29) is 6.10 Å². The molecule has 0 amide bonds. The first kappa shape index (κ1) is 14.9. The van der Waals surface area contributed by atoms with E-state index in [2.05, 4.69) is 31.0 Å². The Hall–Kier alpha value is -1.04. The number of ether oxygens (including phenoxy) is 1. The van der Waals surface area contributed by atoms with Gasteiger partial charge in [-0.25, -0.2) is 9.97 Å². The molecular weight excluding hydrogens is 264 g/mol. The Kier molecular flexibility index (Phi) is 4.52. The van der Waals surface area contributed by atoms with Crippen LogP contribution in [0.3, 0.4) is 0 Å². The molecule has 2 fully saturated rings. The minimum absolute atomic E-state index is 0.0323. The molecule has 2 unspecified atom stereocenters. The number of aryl methyl sites for hydroxylation is 2. The van der Waals surface area contributed by atoms with Crippen LogP contribution in [0, 0.1) is 13.8 Å². The molecule has 21 heavy (non-hydrogen) atoms. The Morgan fingerprint density at radius 2 is 2.05 bits per heavy atom. The molecule has 1 aromatic rings. The molecule has 0 saturated carbocycles.